The summed E-state index contributed by atoms with van der Waals surface area (Å²) in [7, 11) is 0. The van der Waals surface area contributed by atoms with Crippen LogP contribution in [0.1, 0.15) is 27.7 Å². The van der Waals surface area contributed by atoms with Crippen LogP contribution in [0.3, 0.4) is 0 Å². The number of benzene rings is 2. The summed E-state index contributed by atoms with van der Waals surface area (Å²) in [5, 5.41) is 44.5. The normalized spacial score (nSPS) is 8.38. The van der Waals surface area contributed by atoms with E-state index in [1.807, 2.05) is 61.2 Å². The van der Waals surface area contributed by atoms with E-state index in [1.54, 1.807) is 24.8 Å². The number of hydrogen-bond acceptors (Lipinski definition) is 8. The Morgan fingerprint density at radius 1 is 0.434 bits per heavy atom. The Kier molecular flexibility index (Phi) is 41.7. The third-order valence-corrected chi connectivity index (χ3v) is 13.4. The molecule has 0 atom stereocenters. The first-order chi connectivity index (χ1) is 23.4. The molecule has 0 saturated carbocycles. The third kappa shape index (κ3) is 28.7. The number of rotatable bonds is 0. The molecule has 1 radical (unpaired) electrons. The van der Waals surface area contributed by atoms with Crippen molar-refractivity contribution in [2.75, 3.05) is 0 Å². The van der Waals surface area contributed by atoms with Crippen LogP contribution in [-0.2, 0) is 26.4 Å². The number of aromatic amines is 2. The minimum atomic E-state index is -0.558. The third-order valence-electron chi connectivity index (χ3n) is 4.05. The molecule has 6 N–H and O–H groups in total. The summed E-state index contributed by atoms with van der Waals surface area (Å²) in [5.74, 6) is -1.90. The van der Waals surface area contributed by atoms with E-state index in [9.17, 15) is 30.0 Å². The fraction of sp³-hybridized carbons (Fsp3) is 0.125. The Bertz CT molecular complexity index is 1270. The molecule has 0 aliphatic heterocycles. The van der Waals surface area contributed by atoms with E-state index in [0.29, 0.717) is 17.9 Å². The molecule has 2 aromatic carbocycles. The number of nitrogens with zero attached hydrogens (tertiary/aromatic N) is 2. The van der Waals surface area contributed by atoms with E-state index in [4.69, 9.17) is 0 Å². The van der Waals surface area contributed by atoms with Crippen LogP contribution in [0.25, 0.3) is 0 Å². The second-order valence-electron chi connectivity index (χ2n) is 8.69. The minimum absolute atomic E-state index is 0. The molecular weight excluding hydrogens is 1270 g/mol. The van der Waals surface area contributed by atoms with Crippen molar-refractivity contribution in [1.29, 1.82) is 0 Å². The zero-order valence-corrected chi connectivity index (χ0v) is 41.5. The molecule has 293 valence electrons. The van der Waals surface area contributed by atoms with Gasteiger partial charge in [0.25, 0.3) is 0 Å². The molecule has 0 bridgehead atoms. The minimum Gasteiger partial charge on any atom is -0.872 e. The van der Waals surface area contributed by atoms with Gasteiger partial charge in [-0.25, -0.2) is 9.97 Å². The van der Waals surface area contributed by atoms with E-state index in [2.05, 4.69) is 147 Å². The summed E-state index contributed by atoms with van der Waals surface area (Å²) in [4.78, 5) is 32.2. The van der Waals surface area contributed by atoms with Crippen LogP contribution in [-0.4, -0.2) is 32.5 Å². The van der Waals surface area contributed by atoms with Crippen molar-refractivity contribution in [2.45, 2.75) is 27.7 Å². The molecule has 53 heavy (non-hydrogen) atoms. The van der Waals surface area contributed by atoms with E-state index >= 15 is 0 Å². The SMILES string of the molecule is CC(C)=O.CC(C)=O.O.O.[Co+2].[O-]c1c([O-])c(Br)c(Br)c(Br)c1Br.[O-]c1c([O-])c(Br)c(Br)c(Br)c1Br.c1c[nH+]cc[nH+]1.c1ccncc1.c1ccncc1. The maximum absolute atomic E-state index is 11.1. The summed E-state index contributed by atoms with van der Waals surface area (Å²) in [6, 6.07) is 11.4. The predicted octanol–water partition coefficient (Wildman–Crippen LogP) is 6.78. The van der Waals surface area contributed by atoms with E-state index in [1.165, 1.54) is 27.7 Å². The Morgan fingerprint density at radius 3 is 0.698 bits per heavy atom. The monoisotopic (exact) mass is 1290 g/mol. The molecule has 3 heterocycles. The van der Waals surface area contributed by atoms with Gasteiger partial charge in [0.2, 0.25) is 24.8 Å². The van der Waals surface area contributed by atoms with Crippen LogP contribution in [0.5, 0.6) is 23.0 Å². The van der Waals surface area contributed by atoms with Gasteiger partial charge in [-0.3, -0.25) is 9.97 Å². The second-order valence-corrected chi connectivity index (χ2v) is 15.0. The molecule has 5 rings (SSSR count). The van der Waals surface area contributed by atoms with Crippen molar-refractivity contribution in [3.05, 3.63) is 122 Å². The number of carbonyl (C=O) groups excluding carboxylic acids is 2. The van der Waals surface area contributed by atoms with E-state index in [0.717, 1.165) is 0 Å². The molecule has 0 spiro atoms. The molecule has 0 unspecified atom stereocenters. The molecule has 0 fully saturated rings. The van der Waals surface area contributed by atoms with Gasteiger partial charge in [0.15, 0.2) is 0 Å². The van der Waals surface area contributed by atoms with Crippen molar-refractivity contribution >= 4 is 139 Å². The summed E-state index contributed by atoms with van der Waals surface area (Å²) in [5.41, 5.74) is 0. The van der Waals surface area contributed by atoms with Gasteiger partial charge in [-0.1, -0.05) is 75.9 Å². The quantitative estimate of drug-likeness (QED) is 0.118. The molecule has 3 aromatic heterocycles. The summed E-state index contributed by atoms with van der Waals surface area (Å²) in [6.45, 7) is 6.11. The van der Waals surface area contributed by atoms with E-state index < -0.39 is 23.0 Å². The van der Waals surface area contributed by atoms with Gasteiger partial charge in [0, 0.05) is 60.6 Å². The molecule has 12 nitrogen and oxygen atoms in total. The molecule has 21 heteroatoms. The Hall–Kier alpha value is -1.37. The molecular formula is C32H32Br8CoN4O8. The van der Waals surface area contributed by atoms with Gasteiger partial charge in [-0.2, -0.15) is 0 Å². The van der Waals surface area contributed by atoms with Gasteiger partial charge >= 0.3 is 16.8 Å². The number of halogens is 8. The maximum atomic E-state index is 11.1. The van der Waals surface area contributed by atoms with E-state index in [-0.39, 0.29) is 57.2 Å². The Labute approximate surface area is 384 Å². The fourth-order valence-corrected chi connectivity index (χ4v) is 6.20. The summed E-state index contributed by atoms with van der Waals surface area (Å²) < 4.78 is 3.12. The van der Waals surface area contributed by atoms with Gasteiger partial charge < -0.3 is 41.0 Å². The van der Waals surface area contributed by atoms with Crippen LogP contribution in [0.4, 0.5) is 0 Å². The van der Waals surface area contributed by atoms with Crippen LogP contribution in [0, 0.1) is 0 Å². The number of pyridine rings is 2. The summed E-state index contributed by atoms with van der Waals surface area (Å²) in [6.07, 6.45) is 14.3. The van der Waals surface area contributed by atoms with Gasteiger partial charge in [-0.05, 0) is 116 Å². The number of H-pyrrole nitrogens is 2. The predicted molar refractivity (Wildman–Crippen MR) is 220 cm³/mol. The Balaban J connectivity index is -0.000000175. The number of aromatic nitrogens is 4. The standard InChI is InChI=1S/2C6H2Br4O2.2C5H5N.C4H4N2.2C3H6O.Co.2H2O/c2*7-1-2(8)4(10)6(12)5(11)3(1)9;2*1-2-4-6-5-3-1;1-2-6-4-3-5-1;2*1-3(2)4;;;/h2*11-12H;2*1-5H;1-4H;2*1-2H3;;2*1H2/q;;;;;;;+2;;/p-2. The molecule has 0 amide bonds. The average Bonchev–Trinajstić information content (AvgIpc) is 3.12. The molecule has 0 aliphatic carbocycles. The van der Waals surface area contributed by atoms with Crippen molar-refractivity contribution in [1.82, 2.24) is 9.97 Å². The van der Waals surface area contributed by atoms with Gasteiger partial charge in [0.05, 0.1) is 0 Å². The van der Waals surface area contributed by atoms with Gasteiger partial charge in [-0.15, -0.1) is 23.0 Å². The second kappa shape index (κ2) is 36.3. The van der Waals surface area contributed by atoms with Crippen molar-refractivity contribution in [3.63, 3.8) is 0 Å². The summed E-state index contributed by atoms with van der Waals surface area (Å²) >= 11 is 24.6. The molecule has 0 aliphatic rings. The maximum Gasteiger partial charge on any atom is 2.00 e. The smallest absolute Gasteiger partial charge is 0.872 e. The van der Waals surface area contributed by atoms with Crippen molar-refractivity contribution < 1.29 is 67.7 Å². The first-order valence-electron chi connectivity index (χ1n) is 13.3. The van der Waals surface area contributed by atoms with Crippen LogP contribution >= 0.6 is 127 Å². The van der Waals surface area contributed by atoms with Crippen molar-refractivity contribution in [3.8, 4) is 23.0 Å². The number of hydrogen-bond donors (Lipinski definition) is 0. The van der Waals surface area contributed by atoms with Gasteiger partial charge in [0.1, 0.15) is 11.6 Å². The topological polar surface area (TPSA) is 243 Å². The number of carbonyl (C=O) groups is 2. The number of ketones is 2. The van der Waals surface area contributed by atoms with Crippen LogP contribution < -0.4 is 30.4 Å². The number of Topliss-reactive ketones (excluding diaryl/α,β-unsaturated/α-hetero) is 2. The molecule has 0 saturated heterocycles. The molecule has 5 aromatic rings. The fourth-order valence-electron chi connectivity index (χ4n) is 2.11. The zero-order valence-electron chi connectivity index (χ0n) is 27.8. The largest absolute Gasteiger partial charge is 2.00 e. The first kappa shape index (κ1) is 60.9. The first-order valence-corrected chi connectivity index (χ1v) is 19.6. The van der Waals surface area contributed by atoms with Crippen LogP contribution in [0.2, 0.25) is 0 Å². The zero-order chi connectivity index (χ0) is 38.8. The number of nitrogens with one attached hydrogen (secondary N) is 2. The van der Waals surface area contributed by atoms with Crippen LogP contribution in [0.15, 0.2) is 122 Å². The Morgan fingerprint density at radius 2 is 0.604 bits per heavy atom. The average molecular weight is 1300 g/mol. The van der Waals surface area contributed by atoms with Crippen molar-refractivity contribution in [2.24, 2.45) is 0 Å².